The van der Waals surface area contributed by atoms with Gasteiger partial charge in [0.25, 0.3) is 5.91 Å². The molecule has 0 unspecified atom stereocenters. The average Bonchev–Trinajstić information content (AvgIpc) is 3.24. The second kappa shape index (κ2) is 11.1. The number of halogens is 1. The van der Waals surface area contributed by atoms with Crippen molar-refractivity contribution in [2.45, 2.75) is 24.9 Å². The average molecular weight is 511 g/mol. The highest BCUT2D eigenvalue weighted by Crippen LogP contribution is 2.39. The van der Waals surface area contributed by atoms with Crippen molar-refractivity contribution in [2.24, 2.45) is 0 Å². The van der Waals surface area contributed by atoms with Gasteiger partial charge in [-0.05, 0) is 60.0 Å². The zero-order chi connectivity index (χ0) is 24.9. The molecular formula is C27H27ClN2O4S. The molecule has 2 amide bonds. The summed E-state index contributed by atoms with van der Waals surface area (Å²) in [7, 11) is 3.17. The van der Waals surface area contributed by atoms with Crippen molar-refractivity contribution in [3.63, 3.8) is 0 Å². The summed E-state index contributed by atoms with van der Waals surface area (Å²) in [5.41, 5.74) is 3.47. The monoisotopic (exact) mass is 510 g/mol. The van der Waals surface area contributed by atoms with Crippen LogP contribution < -0.4 is 14.8 Å². The second-order valence-electron chi connectivity index (χ2n) is 8.24. The molecule has 1 aliphatic rings. The van der Waals surface area contributed by atoms with Gasteiger partial charge < -0.3 is 19.7 Å². The molecule has 4 rings (SSSR count). The van der Waals surface area contributed by atoms with E-state index >= 15 is 0 Å². The van der Waals surface area contributed by atoms with Gasteiger partial charge in [-0.1, -0.05) is 41.9 Å². The van der Waals surface area contributed by atoms with Crippen molar-refractivity contribution in [1.82, 2.24) is 10.2 Å². The van der Waals surface area contributed by atoms with Crippen molar-refractivity contribution in [3.8, 4) is 11.5 Å². The first-order valence-electron chi connectivity index (χ1n) is 11.2. The molecule has 0 radical (unpaired) electrons. The molecule has 2 atom stereocenters. The fourth-order valence-electron chi connectivity index (χ4n) is 3.97. The van der Waals surface area contributed by atoms with Crippen molar-refractivity contribution >= 4 is 35.2 Å². The summed E-state index contributed by atoms with van der Waals surface area (Å²) in [4.78, 5) is 27.3. The summed E-state index contributed by atoms with van der Waals surface area (Å²) in [6.45, 7) is 2.43. The highest BCUT2D eigenvalue weighted by atomic mass is 35.5. The molecule has 0 saturated carbocycles. The Morgan fingerprint density at radius 3 is 2.40 bits per heavy atom. The summed E-state index contributed by atoms with van der Waals surface area (Å²) in [5, 5.41) is 3.60. The van der Waals surface area contributed by atoms with Crippen LogP contribution in [0.1, 0.15) is 45.4 Å². The second-order valence-corrected chi connectivity index (χ2v) is 9.75. The zero-order valence-electron chi connectivity index (χ0n) is 19.8. The third-order valence-corrected chi connectivity index (χ3v) is 7.46. The normalized spacial score (nSPS) is 16.2. The summed E-state index contributed by atoms with van der Waals surface area (Å²) in [6.07, 6.45) is 0. The van der Waals surface area contributed by atoms with Crippen LogP contribution in [0.2, 0.25) is 5.02 Å². The van der Waals surface area contributed by atoms with Gasteiger partial charge in [-0.2, -0.15) is 0 Å². The maximum absolute atomic E-state index is 12.9. The molecule has 1 aliphatic heterocycles. The Bertz CT molecular complexity index is 1200. The number of amides is 2. The molecule has 1 N–H and O–H groups in total. The minimum atomic E-state index is -0.222. The molecule has 1 fully saturated rings. The van der Waals surface area contributed by atoms with Crippen LogP contribution in [0.15, 0.2) is 66.7 Å². The van der Waals surface area contributed by atoms with Crippen LogP contribution in [0.25, 0.3) is 0 Å². The van der Waals surface area contributed by atoms with Crippen LogP contribution in [0.3, 0.4) is 0 Å². The van der Waals surface area contributed by atoms with E-state index in [-0.39, 0.29) is 23.2 Å². The number of carbonyl (C=O) groups is 2. The van der Waals surface area contributed by atoms with E-state index in [0.717, 1.165) is 16.7 Å². The number of rotatable bonds is 8. The lowest BCUT2D eigenvalue weighted by atomic mass is 10.1. The first-order valence-corrected chi connectivity index (χ1v) is 12.6. The molecule has 1 heterocycles. The van der Waals surface area contributed by atoms with Gasteiger partial charge in [0, 0.05) is 17.1 Å². The van der Waals surface area contributed by atoms with E-state index in [9.17, 15) is 9.59 Å². The molecule has 182 valence electrons. The first-order chi connectivity index (χ1) is 16.9. The lowest BCUT2D eigenvalue weighted by Crippen LogP contribution is -2.28. The number of thioether (sulfide) groups is 1. The van der Waals surface area contributed by atoms with Gasteiger partial charge >= 0.3 is 0 Å². The van der Waals surface area contributed by atoms with Gasteiger partial charge in [-0.15, -0.1) is 11.8 Å². The van der Waals surface area contributed by atoms with E-state index in [4.69, 9.17) is 21.1 Å². The van der Waals surface area contributed by atoms with Crippen LogP contribution in [-0.2, 0) is 11.3 Å². The number of nitrogens with zero attached hydrogens (tertiary/aromatic N) is 1. The van der Waals surface area contributed by atoms with E-state index in [1.165, 1.54) is 0 Å². The Balaban J connectivity index is 1.43. The molecule has 1 saturated heterocycles. The predicted octanol–water partition coefficient (Wildman–Crippen LogP) is 5.62. The largest absolute Gasteiger partial charge is 0.493 e. The number of hydrogen-bond acceptors (Lipinski definition) is 5. The summed E-state index contributed by atoms with van der Waals surface area (Å²) in [5.74, 6) is 1.61. The Hall–Kier alpha value is -3.16. The fraction of sp³-hybridized carbons (Fsp3) is 0.259. The maximum Gasteiger partial charge on any atom is 0.251 e. The Morgan fingerprint density at radius 2 is 1.74 bits per heavy atom. The number of nitrogens with one attached hydrogen (secondary N) is 1. The van der Waals surface area contributed by atoms with E-state index < -0.39 is 0 Å². The molecule has 0 spiro atoms. The topological polar surface area (TPSA) is 67.9 Å². The fourth-order valence-corrected chi connectivity index (χ4v) is 5.29. The molecular weight excluding hydrogens is 484 g/mol. The number of carbonyl (C=O) groups excluding carboxylic acids is 2. The lowest BCUT2D eigenvalue weighted by Gasteiger charge is -2.24. The molecule has 0 bridgehead atoms. The number of hydrogen-bond donors (Lipinski definition) is 1. The van der Waals surface area contributed by atoms with Crippen LogP contribution in [-0.4, -0.2) is 36.7 Å². The van der Waals surface area contributed by atoms with Gasteiger partial charge in [0.1, 0.15) is 5.37 Å². The SMILES string of the molecule is COc1ccc([C@@H](C)NC(=O)c2ccc([C@H]3SCC(=O)N3Cc3ccc(Cl)cc3)cc2)cc1OC. The minimum Gasteiger partial charge on any atom is -0.493 e. The summed E-state index contributed by atoms with van der Waals surface area (Å²) < 4.78 is 10.6. The van der Waals surface area contributed by atoms with E-state index in [1.807, 2.05) is 66.4 Å². The minimum absolute atomic E-state index is 0.0963. The van der Waals surface area contributed by atoms with Crippen LogP contribution in [0.4, 0.5) is 0 Å². The highest BCUT2D eigenvalue weighted by Gasteiger charge is 2.32. The van der Waals surface area contributed by atoms with Crippen LogP contribution >= 0.6 is 23.4 Å². The van der Waals surface area contributed by atoms with Crippen LogP contribution in [0.5, 0.6) is 11.5 Å². The third kappa shape index (κ3) is 5.74. The molecule has 0 aromatic heterocycles. The van der Waals surface area contributed by atoms with Gasteiger partial charge in [0.15, 0.2) is 11.5 Å². The predicted molar refractivity (Wildman–Crippen MR) is 139 cm³/mol. The van der Waals surface area contributed by atoms with Crippen molar-refractivity contribution in [2.75, 3.05) is 20.0 Å². The van der Waals surface area contributed by atoms with Gasteiger partial charge in [0.2, 0.25) is 5.91 Å². The lowest BCUT2D eigenvalue weighted by molar-refractivity contribution is -0.128. The summed E-state index contributed by atoms with van der Waals surface area (Å²) >= 11 is 7.58. The third-order valence-electron chi connectivity index (χ3n) is 5.95. The quantitative estimate of drug-likeness (QED) is 0.426. The van der Waals surface area contributed by atoms with Gasteiger partial charge in [-0.25, -0.2) is 0 Å². The molecule has 6 nitrogen and oxygen atoms in total. The molecule has 3 aromatic rings. The standard InChI is InChI=1S/C27H27ClN2O4S/c1-17(21-10-13-23(33-2)24(14-21)34-3)29-26(32)19-6-8-20(9-7-19)27-30(25(31)16-35-27)15-18-4-11-22(28)12-5-18/h4-14,17,27H,15-16H2,1-3H3,(H,29,32)/t17-,27-/m1/s1. The zero-order valence-corrected chi connectivity index (χ0v) is 21.4. The Labute approximate surface area is 214 Å². The highest BCUT2D eigenvalue weighted by molar-refractivity contribution is 8.00. The van der Waals surface area contributed by atoms with E-state index in [1.54, 1.807) is 38.1 Å². The van der Waals surface area contributed by atoms with Crippen molar-refractivity contribution in [3.05, 3.63) is 94.0 Å². The van der Waals surface area contributed by atoms with E-state index in [2.05, 4.69) is 5.32 Å². The number of ether oxygens (including phenoxy) is 2. The first kappa shape index (κ1) is 24.9. The van der Waals surface area contributed by atoms with Gasteiger partial charge in [-0.3, -0.25) is 9.59 Å². The number of benzene rings is 3. The van der Waals surface area contributed by atoms with E-state index in [0.29, 0.717) is 34.4 Å². The Morgan fingerprint density at radius 1 is 1.06 bits per heavy atom. The smallest absolute Gasteiger partial charge is 0.251 e. The summed E-state index contributed by atoms with van der Waals surface area (Å²) in [6, 6.07) is 20.3. The maximum atomic E-state index is 12.9. The van der Waals surface area contributed by atoms with Crippen molar-refractivity contribution in [1.29, 1.82) is 0 Å². The molecule has 0 aliphatic carbocycles. The molecule has 3 aromatic carbocycles. The Kier molecular flexibility index (Phi) is 7.88. The van der Waals surface area contributed by atoms with Gasteiger partial charge in [0.05, 0.1) is 26.0 Å². The van der Waals surface area contributed by atoms with Crippen LogP contribution in [0, 0.1) is 0 Å². The molecule has 35 heavy (non-hydrogen) atoms. The number of methoxy groups -OCH3 is 2. The van der Waals surface area contributed by atoms with Crippen molar-refractivity contribution < 1.29 is 19.1 Å². The molecule has 8 heteroatoms.